The Balaban J connectivity index is 2.16. The number of halogens is 1. The van der Waals surface area contributed by atoms with Gasteiger partial charge in [0.25, 0.3) is 5.69 Å². The number of ether oxygens (including phenoxy) is 1. The van der Waals surface area contributed by atoms with Crippen LogP contribution >= 0.6 is 15.9 Å². The van der Waals surface area contributed by atoms with Gasteiger partial charge in [-0.15, -0.1) is 0 Å². The molecule has 0 unspecified atom stereocenters. The molecular weight excluding hydrogens is 334 g/mol. The molecule has 1 saturated heterocycles. The molecule has 0 N–H and O–H groups in total. The van der Waals surface area contributed by atoms with Crippen LogP contribution in [0.3, 0.4) is 0 Å². The quantitative estimate of drug-likeness (QED) is 0.620. The third-order valence-electron chi connectivity index (χ3n) is 2.97. The van der Waals surface area contributed by atoms with Crippen LogP contribution in [0.25, 0.3) is 0 Å². The molecule has 7 heteroatoms. The second kappa shape index (κ2) is 6.58. The monoisotopic (exact) mass is 347 g/mol. The van der Waals surface area contributed by atoms with E-state index in [4.69, 9.17) is 4.74 Å². The Bertz CT molecular complexity index is 503. The van der Waals surface area contributed by atoms with Gasteiger partial charge in [0.05, 0.1) is 27.6 Å². The molecule has 0 spiro atoms. The van der Waals surface area contributed by atoms with Crippen LogP contribution in [0.15, 0.2) is 27.6 Å². The van der Waals surface area contributed by atoms with E-state index in [1.165, 1.54) is 6.07 Å². The number of hydrogen-bond acceptors (Lipinski definition) is 4. The van der Waals surface area contributed by atoms with Gasteiger partial charge >= 0.3 is 0 Å². The number of nitrogens with zero attached hydrogens (tertiary/aromatic N) is 1. The molecule has 5 nitrogen and oxygen atoms in total. The Labute approximate surface area is 122 Å². The van der Waals surface area contributed by atoms with Crippen molar-refractivity contribution in [2.24, 2.45) is 0 Å². The lowest BCUT2D eigenvalue weighted by Gasteiger charge is -2.21. The molecule has 0 bridgehead atoms. The summed E-state index contributed by atoms with van der Waals surface area (Å²) in [6, 6.07) is 4.60. The van der Waals surface area contributed by atoms with E-state index >= 15 is 0 Å². The predicted molar refractivity (Wildman–Crippen MR) is 75.7 cm³/mol. The van der Waals surface area contributed by atoms with E-state index in [9.17, 15) is 14.3 Å². The third kappa shape index (κ3) is 3.84. The number of rotatable bonds is 4. The summed E-state index contributed by atoms with van der Waals surface area (Å²) in [5.41, 5.74) is -0.108. The minimum atomic E-state index is -1.41. The molecule has 1 aliphatic heterocycles. The first-order valence-corrected chi connectivity index (χ1v) is 8.13. The first-order chi connectivity index (χ1) is 9.08. The topological polar surface area (TPSA) is 69.4 Å². The van der Waals surface area contributed by atoms with Crippen molar-refractivity contribution in [3.8, 4) is 0 Å². The third-order valence-corrected chi connectivity index (χ3v) is 4.98. The minimum absolute atomic E-state index is 0.0576. The molecule has 0 aromatic heterocycles. The molecule has 0 saturated carbocycles. The van der Waals surface area contributed by atoms with Crippen LogP contribution in [-0.4, -0.2) is 27.6 Å². The molecule has 1 aliphatic rings. The van der Waals surface area contributed by atoms with Gasteiger partial charge < -0.3 is 4.74 Å². The summed E-state index contributed by atoms with van der Waals surface area (Å²) in [7, 11) is -1.41. The highest BCUT2D eigenvalue weighted by molar-refractivity contribution is 9.10. The number of benzene rings is 1. The molecule has 0 radical (unpaired) electrons. The summed E-state index contributed by atoms with van der Waals surface area (Å²) < 4.78 is 18.4. The maximum atomic E-state index is 12.3. The second-order valence-electron chi connectivity index (χ2n) is 4.37. The van der Waals surface area contributed by atoms with Crippen LogP contribution in [0.1, 0.15) is 19.3 Å². The summed E-state index contributed by atoms with van der Waals surface area (Å²) in [6.07, 6.45) is 2.90. The first-order valence-electron chi connectivity index (χ1n) is 6.02. The summed E-state index contributed by atoms with van der Waals surface area (Å²) in [5, 5.41) is 11.0. The number of nitro groups is 1. The highest BCUT2D eigenvalue weighted by Gasteiger charge is 2.23. The van der Waals surface area contributed by atoms with Crippen LogP contribution < -0.4 is 0 Å². The van der Waals surface area contributed by atoms with Crippen molar-refractivity contribution in [3.63, 3.8) is 0 Å². The summed E-state index contributed by atoms with van der Waals surface area (Å²) in [5.74, 6) is 0.322. The summed E-state index contributed by atoms with van der Waals surface area (Å²) in [4.78, 5) is 10.8. The minimum Gasteiger partial charge on any atom is -0.377 e. The smallest absolute Gasteiger partial charge is 0.286 e. The molecule has 104 valence electrons. The zero-order valence-corrected chi connectivity index (χ0v) is 12.6. The standard InChI is InChI=1S/C12H14BrNO4S/c13-9-4-5-12(11(7-9)14(15)16)19(17)8-10-3-1-2-6-18-10/h4-5,7,10H,1-3,6,8H2/t10-,19+/m1/s1. The van der Waals surface area contributed by atoms with Crippen molar-refractivity contribution in [1.29, 1.82) is 0 Å². The molecule has 0 aliphatic carbocycles. The summed E-state index contributed by atoms with van der Waals surface area (Å²) in [6.45, 7) is 0.685. The van der Waals surface area contributed by atoms with E-state index in [2.05, 4.69) is 15.9 Å². The summed E-state index contributed by atoms with van der Waals surface area (Å²) >= 11 is 3.18. The first kappa shape index (κ1) is 14.6. The van der Waals surface area contributed by atoms with Gasteiger partial charge in [0.2, 0.25) is 0 Å². The number of nitro benzene ring substituents is 1. The molecular formula is C12H14BrNO4S. The lowest BCUT2D eigenvalue weighted by Crippen LogP contribution is -2.25. The SMILES string of the molecule is O=[N+]([O-])c1cc(Br)ccc1[S@@](=O)C[C@H]1CCCCO1. The molecule has 0 amide bonds. The van der Waals surface area contributed by atoms with E-state index in [-0.39, 0.29) is 16.7 Å². The Morgan fingerprint density at radius 1 is 1.47 bits per heavy atom. The molecule has 1 heterocycles. The van der Waals surface area contributed by atoms with Gasteiger partial charge in [-0.1, -0.05) is 15.9 Å². The van der Waals surface area contributed by atoms with Crippen LogP contribution in [0.5, 0.6) is 0 Å². The van der Waals surface area contributed by atoms with E-state index in [1.54, 1.807) is 12.1 Å². The Morgan fingerprint density at radius 2 is 2.26 bits per heavy atom. The Kier molecular flexibility index (Phi) is 5.06. The van der Waals surface area contributed by atoms with Crippen LogP contribution in [0, 0.1) is 10.1 Å². The van der Waals surface area contributed by atoms with E-state index < -0.39 is 15.7 Å². The van der Waals surface area contributed by atoms with E-state index in [0.29, 0.717) is 16.8 Å². The van der Waals surface area contributed by atoms with Crippen molar-refractivity contribution in [1.82, 2.24) is 0 Å². The maximum Gasteiger partial charge on any atom is 0.286 e. The lowest BCUT2D eigenvalue weighted by atomic mass is 10.1. The zero-order chi connectivity index (χ0) is 13.8. The molecule has 1 fully saturated rings. The average molecular weight is 348 g/mol. The molecule has 2 atom stereocenters. The van der Waals surface area contributed by atoms with Crippen molar-refractivity contribution < 1.29 is 13.9 Å². The predicted octanol–water partition coefficient (Wildman–Crippen LogP) is 3.03. The van der Waals surface area contributed by atoms with Gasteiger partial charge in [-0.3, -0.25) is 14.3 Å². The fraction of sp³-hybridized carbons (Fsp3) is 0.500. The second-order valence-corrected chi connectivity index (χ2v) is 6.75. The van der Waals surface area contributed by atoms with Gasteiger partial charge in [-0.25, -0.2) is 0 Å². The Morgan fingerprint density at radius 3 is 2.89 bits per heavy atom. The van der Waals surface area contributed by atoms with Crippen molar-refractivity contribution in [2.75, 3.05) is 12.4 Å². The molecule has 1 aromatic rings. The highest BCUT2D eigenvalue weighted by Crippen LogP contribution is 2.27. The molecule has 19 heavy (non-hydrogen) atoms. The Hall–Kier alpha value is -0.790. The zero-order valence-electron chi connectivity index (χ0n) is 10.2. The van der Waals surface area contributed by atoms with E-state index in [1.807, 2.05) is 0 Å². The average Bonchev–Trinajstić information content (AvgIpc) is 2.39. The normalized spacial score (nSPS) is 21.0. The number of hydrogen-bond donors (Lipinski definition) is 0. The van der Waals surface area contributed by atoms with Crippen LogP contribution in [0.4, 0.5) is 5.69 Å². The van der Waals surface area contributed by atoms with Gasteiger partial charge in [-0.2, -0.15) is 0 Å². The van der Waals surface area contributed by atoms with Gasteiger partial charge in [-0.05, 0) is 31.4 Å². The van der Waals surface area contributed by atoms with Crippen molar-refractivity contribution >= 4 is 32.4 Å². The maximum absolute atomic E-state index is 12.3. The highest BCUT2D eigenvalue weighted by atomic mass is 79.9. The fourth-order valence-electron chi connectivity index (χ4n) is 2.02. The van der Waals surface area contributed by atoms with Crippen molar-refractivity contribution in [2.45, 2.75) is 30.3 Å². The molecule has 1 aromatic carbocycles. The van der Waals surface area contributed by atoms with Gasteiger partial charge in [0.1, 0.15) is 4.90 Å². The van der Waals surface area contributed by atoms with Gasteiger partial charge in [0.15, 0.2) is 0 Å². The lowest BCUT2D eigenvalue weighted by molar-refractivity contribution is -0.387. The van der Waals surface area contributed by atoms with Gasteiger partial charge in [0, 0.05) is 17.1 Å². The molecule has 2 rings (SSSR count). The largest absolute Gasteiger partial charge is 0.377 e. The van der Waals surface area contributed by atoms with Crippen molar-refractivity contribution in [3.05, 3.63) is 32.8 Å². The van der Waals surface area contributed by atoms with E-state index in [0.717, 1.165) is 19.3 Å². The van der Waals surface area contributed by atoms with Crippen LogP contribution in [-0.2, 0) is 15.5 Å². The fourth-order valence-corrected chi connectivity index (χ4v) is 3.74. The van der Waals surface area contributed by atoms with Crippen LogP contribution in [0.2, 0.25) is 0 Å².